The van der Waals surface area contributed by atoms with Crippen LogP contribution in [0.2, 0.25) is 0 Å². The van der Waals surface area contributed by atoms with E-state index in [4.69, 9.17) is 5.11 Å². The molecule has 0 aromatic heterocycles. The van der Waals surface area contributed by atoms with E-state index in [1.165, 1.54) is 0 Å². The van der Waals surface area contributed by atoms with Crippen molar-refractivity contribution in [3.8, 4) is 0 Å². The van der Waals surface area contributed by atoms with Crippen molar-refractivity contribution in [3.63, 3.8) is 0 Å². The first-order valence-electron chi connectivity index (χ1n) is 6.63. The number of hydrogen-bond donors (Lipinski definition) is 3. The zero-order valence-corrected chi connectivity index (χ0v) is 13.4. The first kappa shape index (κ1) is 19.1. The summed E-state index contributed by atoms with van der Waals surface area (Å²) < 4.78 is 0. The van der Waals surface area contributed by atoms with Crippen LogP contribution in [0.3, 0.4) is 0 Å². The van der Waals surface area contributed by atoms with Gasteiger partial charge in [0.1, 0.15) is 6.04 Å². The molecule has 0 heterocycles. The molecule has 0 rings (SSSR count). The number of carbonyl (C=O) groups is 4. The van der Waals surface area contributed by atoms with E-state index in [0.29, 0.717) is 0 Å². The highest BCUT2D eigenvalue weighted by atomic mass is 16.4. The van der Waals surface area contributed by atoms with Gasteiger partial charge in [-0.25, -0.2) is 4.79 Å². The molecule has 120 valence electrons. The quantitative estimate of drug-likeness (QED) is 0.706. The molecule has 3 N–H and O–H groups in total. The van der Waals surface area contributed by atoms with Crippen LogP contribution in [0.5, 0.6) is 0 Å². The maximum absolute atomic E-state index is 11.8. The van der Waals surface area contributed by atoms with Gasteiger partial charge in [0.2, 0.25) is 17.7 Å². The number of nitrogens with one attached hydrogen (secondary N) is 2. The molecule has 0 aliphatic heterocycles. The van der Waals surface area contributed by atoms with E-state index in [0.717, 1.165) is 0 Å². The molecule has 3 amide bonds. The Kier molecular flexibility index (Phi) is 6.08. The Morgan fingerprint density at radius 2 is 1.33 bits per heavy atom. The van der Waals surface area contributed by atoms with E-state index < -0.39 is 47.0 Å². The van der Waals surface area contributed by atoms with Crippen LogP contribution >= 0.6 is 0 Å². The van der Waals surface area contributed by atoms with E-state index in [1.54, 1.807) is 41.5 Å². The number of carbonyl (C=O) groups excluding carboxylic acids is 3. The van der Waals surface area contributed by atoms with Crippen molar-refractivity contribution in [2.24, 2.45) is 10.8 Å². The van der Waals surface area contributed by atoms with E-state index in [2.05, 4.69) is 10.6 Å². The van der Waals surface area contributed by atoms with Crippen LogP contribution in [-0.4, -0.2) is 34.8 Å². The van der Waals surface area contributed by atoms with Gasteiger partial charge in [0.05, 0.1) is 6.42 Å². The monoisotopic (exact) mass is 300 g/mol. The molecule has 1 unspecified atom stereocenters. The maximum Gasteiger partial charge on any atom is 0.326 e. The van der Waals surface area contributed by atoms with Gasteiger partial charge in [-0.2, -0.15) is 0 Å². The highest BCUT2D eigenvalue weighted by Crippen LogP contribution is 2.14. The van der Waals surface area contributed by atoms with Gasteiger partial charge in [-0.05, 0) is 0 Å². The molecule has 0 spiro atoms. The standard InChI is InChI=1S/C14H24N2O5/c1-13(2,3)11(20)15-8(10(18)19)7-9(17)16-12(21)14(4,5)6/h8H,7H2,1-6H3,(H,15,20)(H,18,19)(H,16,17,21). The molecule has 0 radical (unpaired) electrons. The van der Waals surface area contributed by atoms with Crippen molar-refractivity contribution in [1.29, 1.82) is 0 Å². The Bertz CT molecular complexity index is 443. The normalized spacial score (nSPS) is 13.2. The summed E-state index contributed by atoms with van der Waals surface area (Å²) >= 11 is 0. The summed E-state index contributed by atoms with van der Waals surface area (Å²) in [6.07, 6.45) is -0.501. The molecule has 7 heteroatoms. The molecule has 0 aliphatic carbocycles. The van der Waals surface area contributed by atoms with Crippen molar-refractivity contribution in [2.75, 3.05) is 0 Å². The first-order chi connectivity index (χ1) is 9.25. The summed E-state index contributed by atoms with van der Waals surface area (Å²) in [5.41, 5.74) is -1.53. The topological polar surface area (TPSA) is 113 Å². The second kappa shape index (κ2) is 6.69. The summed E-state index contributed by atoms with van der Waals surface area (Å²) in [5.74, 6) is -3.05. The zero-order chi connectivity index (χ0) is 17.0. The average molecular weight is 300 g/mol. The fraction of sp³-hybridized carbons (Fsp3) is 0.714. The van der Waals surface area contributed by atoms with Gasteiger partial charge in [0, 0.05) is 10.8 Å². The highest BCUT2D eigenvalue weighted by Gasteiger charge is 2.30. The van der Waals surface area contributed by atoms with Crippen LogP contribution in [0.1, 0.15) is 48.0 Å². The Hall–Kier alpha value is -1.92. The minimum atomic E-state index is -1.37. The van der Waals surface area contributed by atoms with Gasteiger partial charge >= 0.3 is 5.97 Å². The first-order valence-corrected chi connectivity index (χ1v) is 6.63. The van der Waals surface area contributed by atoms with Crippen molar-refractivity contribution < 1.29 is 24.3 Å². The zero-order valence-electron chi connectivity index (χ0n) is 13.4. The van der Waals surface area contributed by atoms with Crippen LogP contribution in [0.25, 0.3) is 0 Å². The summed E-state index contributed by atoms with van der Waals surface area (Å²) in [7, 11) is 0. The Morgan fingerprint density at radius 3 is 1.67 bits per heavy atom. The lowest BCUT2D eigenvalue weighted by Crippen LogP contribution is -2.49. The predicted octanol–water partition coefficient (Wildman–Crippen LogP) is 0.681. The van der Waals surface area contributed by atoms with Crippen LogP contribution in [0.15, 0.2) is 0 Å². The molecule has 21 heavy (non-hydrogen) atoms. The van der Waals surface area contributed by atoms with E-state index in [1.807, 2.05) is 0 Å². The number of imide groups is 1. The van der Waals surface area contributed by atoms with Crippen molar-refractivity contribution in [1.82, 2.24) is 10.6 Å². The number of rotatable bonds is 4. The third-order valence-corrected chi connectivity index (χ3v) is 2.61. The van der Waals surface area contributed by atoms with Crippen molar-refractivity contribution in [2.45, 2.75) is 54.0 Å². The number of amides is 3. The minimum absolute atomic E-state index is 0.482. The lowest BCUT2D eigenvalue weighted by Gasteiger charge is -2.22. The smallest absolute Gasteiger partial charge is 0.326 e. The molecule has 7 nitrogen and oxygen atoms in total. The van der Waals surface area contributed by atoms with Gasteiger partial charge in [-0.15, -0.1) is 0 Å². The number of hydrogen-bond acceptors (Lipinski definition) is 4. The summed E-state index contributed by atoms with van der Waals surface area (Å²) in [4.78, 5) is 46.2. The van der Waals surface area contributed by atoms with Gasteiger partial charge in [0.15, 0.2) is 0 Å². The van der Waals surface area contributed by atoms with Gasteiger partial charge in [0.25, 0.3) is 0 Å². The van der Waals surface area contributed by atoms with Crippen LogP contribution in [0, 0.1) is 10.8 Å². The van der Waals surface area contributed by atoms with Gasteiger partial charge < -0.3 is 10.4 Å². The fourth-order valence-corrected chi connectivity index (χ4v) is 1.13. The molecule has 0 aromatic rings. The number of aliphatic carboxylic acids is 1. The molecule has 0 saturated heterocycles. The molecule has 1 atom stereocenters. The second-order valence-electron chi connectivity index (χ2n) is 6.95. The van der Waals surface area contributed by atoms with Crippen molar-refractivity contribution >= 4 is 23.7 Å². The SMILES string of the molecule is CC(C)(C)C(=O)NC(=O)CC(NC(=O)C(C)(C)C)C(=O)O. The molecule has 0 saturated carbocycles. The third kappa shape index (κ3) is 6.87. The highest BCUT2D eigenvalue weighted by molar-refractivity contribution is 5.99. The Morgan fingerprint density at radius 1 is 0.905 bits per heavy atom. The molecule has 0 aromatic carbocycles. The summed E-state index contributed by atoms with van der Waals surface area (Å²) in [6, 6.07) is -1.37. The van der Waals surface area contributed by atoms with Crippen LogP contribution < -0.4 is 10.6 Å². The predicted molar refractivity (Wildman–Crippen MR) is 76.2 cm³/mol. The lowest BCUT2D eigenvalue weighted by molar-refractivity contribution is -0.145. The van der Waals surface area contributed by atoms with Gasteiger partial charge in [-0.3, -0.25) is 19.7 Å². The maximum atomic E-state index is 11.8. The van der Waals surface area contributed by atoms with E-state index >= 15 is 0 Å². The fourth-order valence-electron chi connectivity index (χ4n) is 1.13. The molecule has 0 aliphatic rings. The molecular formula is C14H24N2O5. The molecule has 0 fully saturated rings. The number of carboxylic acid groups (broad SMARTS) is 1. The van der Waals surface area contributed by atoms with Crippen LogP contribution in [0.4, 0.5) is 0 Å². The Balaban J connectivity index is 4.74. The van der Waals surface area contributed by atoms with E-state index in [9.17, 15) is 19.2 Å². The Labute approximate surface area is 124 Å². The second-order valence-corrected chi connectivity index (χ2v) is 6.95. The van der Waals surface area contributed by atoms with E-state index in [-0.39, 0.29) is 0 Å². The minimum Gasteiger partial charge on any atom is -0.480 e. The largest absolute Gasteiger partial charge is 0.480 e. The van der Waals surface area contributed by atoms with Crippen molar-refractivity contribution in [3.05, 3.63) is 0 Å². The van der Waals surface area contributed by atoms with Crippen LogP contribution in [-0.2, 0) is 19.2 Å². The third-order valence-electron chi connectivity index (χ3n) is 2.61. The summed E-state index contributed by atoms with van der Waals surface area (Å²) in [6.45, 7) is 9.78. The molecule has 0 bridgehead atoms. The summed E-state index contributed by atoms with van der Waals surface area (Å²) in [5, 5.41) is 13.5. The molecular weight excluding hydrogens is 276 g/mol. The average Bonchev–Trinajstić information content (AvgIpc) is 2.24. The number of carboxylic acids is 1. The van der Waals surface area contributed by atoms with Gasteiger partial charge in [-0.1, -0.05) is 41.5 Å². The lowest BCUT2D eigenvalue weighted by atomic mass is 9.94.